The number of anilines is 2. The average Bonchev–Trinajstić information content (AvgIpc) is 3.52. The Hall–Kier alpha value is -3.10. The highest BCUT2D eigenvalue weighted by Gasteiger charge is 2.74. The van der Waals surface area contributed by atoms with Crippen LogP contribution in [0.15, 0.2) is 30.3 Å². The highest BCUT2D eigenvalue weighted by molar-refractivity contribution is 6.31. The first-order chi connectivity index (χ1) is 16.4. The molecule has 0 aliphatic carbocycles. The standard InChI is InChI=1S/C25H22ClN3O5/c1-12-9-13(26)10-15-21(12)27-24(32)25(15)20-19(16-3-2-6-28(16)25)22(30)29(23(20)31)14-4-5-17-18(11-14)34-8-7-33-17/h4-5,9-11,16,19-20H,2-3,6-8H2,1H3,(H,27,32). The van der Waals surface area contributed by atoms with Gasteiger partial charge in [0.15, 0.2) is 11.5 Å². The first-order valence-electron chi connectivity index (χ1n) is 11.6. The molecular weight excluding hydrogens is 458 g/mol. The van der Waals surface area contributed by atoms with E-state index < -0.39 is 17.4 Å². The fraction of sp³-hybridized carbons (Fsp3) is 0.400. The largest absolute Gasteiger partial charge is 0.486 e. The molecule has 5 aliphatic rings. The van der Waals surface area contributed by atoms with Gasteiger partial charge in [0, 0.05) is 28.4 Å². The number of imide groups is 1. The third-order valence-electron chi connectivity index (χ3n) is 8.05. The van der Waals surface area contributed by atoms with Crippen LogP contribution in [-0.2, 0) is 19.9 Å². The predicted molar refractivity (Wildman–Crippen MR) is 123 cm³/mol. The number of hydrogen-bond acceptors (Lipinski definition) is 6. The zero-order chi connectivity index (χ0) is 23.4. The molecule has 3 saturated heterocycles. The second-order valence-electron chi connectivity index (χ2n) is 9.61. The second-order valence-corrected chi connectivity index (χ2v) is 10.0. The van der Waals surface area contributed by atoms with Crippen LogP contribution in [0, 0.1) is 18.8 Å². The van der Waals surface area contributed by atoms with Crippen molar-refractivity contribution in [2.45, 2.75) is 31.3 Å². The van der Waals surface area contributed by atoms with Crippen LogP contribution in [0.25, 0.3) is 0 Å². The molecule has 5 aliphatic heterocycles. The van der Waals surface area contributed by atoms with Crippen molar-refractivity contribution in [1.29, 1.82) is 0 Å². The fourth-order valence-electron chi connectivity index (χ4n) is 6.86. The normalized spacial score (nSPS) is 31.2. The smallest absolute Gasteiger partial charge is 0.250 e. The minimum absolute atomic E-state index is 0.181. The molecule has 2 aromatic rings. The summed E-state index contributed by atoms with van der Waals surface area (Å²) in [5.41, 5.74) is 1.43. The molecule has 0 aromatic heterocycles. The van der Waals surface area contributed by atoms with Gasteiger partial charge in [-0.1, -0.05) is 11.6 Å². The third kappa shape index (κ3) is 2.30. The summed E-state index contributed by atoms with van der Waals surface area (Å²) in [7, 11) is 0. The van der Waals surface area contributed by atoms with E-state index in [0.29, 0.717) is 53.2 Å². The number of halogens is 1. The summed E-state index contributed by atoms with van der Waals surface area (Å²) in [6.45, 7) is 3.40. The van der Waals surface area contributed by atoms with E-state index in [1.807, 2.05) is 6.92 Å². The lowest BCUT2D eigenvalue weighted by Gasteiger charge is -2.36. The van der Waals surface area contributed by atoms with Gasteiger partial charge in [-0.05, 0) is 56.1 Å². The summed E-state index contributed by atoms with van der Waals surface area (Å²) < 4.78 is 11.3. The molecular formula is C25H22ClN3O5. The molecule has 2 aromatic carbocycles. The Morgan fingerprint density at radius 3 is 2.68 bits per heavy atom. The number of rotatable bonds is 1. The van der Waals surface area contributed by atoms with Crippen molar-refractivity contribution in [3.05, 3.63) is 46.5 Å². The molecule has 4 unspecified atom stereocenters. The Bertz CT molecular complexity index is 1310. The molecule has 0 bridgehead atoms. The second kappa shape index (κ2) is 6.73. The maximum atomic E-state index is 14.1. The molecule has 4 atom stereocenters. The van der Waals surface area contributed by atoms with Gasteiger partial charge in [0.2, 0.25) is 17.7 Å². The topological polar surface area (TPSA) is 88.2 Å². The number of hydrogen-bond donors (Lipinski definition) is 1. The number of fused-ring (bicyclic) bond motifs is 8. The quantitative estimate of drug-likeness (QED) is 0.633. The van der Waals surface area contributed by atoms with Crippen LogP contribution in [0.2, 0.25) is 5.02 Å². The van der Waals surface area contributed by atoms with Gasteiger partial charge in [-0.2, -0.15) is 0 Å². The van der Waals surface area contributed by atoms with Crippen molar-refractivity contribution >= 4 is 40.7 Å². The van der Waals surface area contributed by atoms with E-state index >= 15 is 0 Å². The zero-order valence-corrected chi connectivity index (χ0v) is 19.2. The van der Waals surface area contributed by atoms with Crippen molar-refractivity contribution in [2.24, 2.45) is 11.8 Å². The Balaban J connectivity index is 1.40. The van der Waals surface area contributed by atoms with Crippen LogP contribution in [0.1, 0.15) is 24.0 Å². The lowest BCUT2D eigenvalue weighted by molar-refractivity contribution is -0.135. The van der Waals surface area contributed by atoms with Gasteiger partial charge in [0.1, 0.15) is 18.8 Å². The molecule has 3 amide bonds. The van der Waals surface area contributed by atoms with Crippen LogP contribution < -0.4 is 19.7 Å². The average molecular weight is 480 g/mol. The molecule has 8 nitrogen and oxygen atoms in total. The minimum atomic E-state index is -1.24. The number of aryl methyl sites for hydroxylation is 1. The van der Waals surface area contributed by atoms with Crippen molar-refractivity contribution in [1.82, 2.24) is 4.90 Å². The van der Waals surface area contributed by atoms with Gasteiger partial charge in [-0.15, -0.1) is 0 Å². The predicted octanol–water partition coefficient (Wildman–Crippen LogP) is 2.85. The van der Waals surface area contributed by atoms with Gasteiger partial charge in [-0.3, -0.25) is 19.3 Å². The van der Waals surface area contributed by atoms with Gasteiger partial charge < -0.3 is 14.8 Å². The van der Waals surface area contributed by atoms with Gasteiger partial charge >= 0.3 is 0 Å². The van der Waals surface area contributed by atoms with Gasteiger partial charge in [0.25, 0.3) is 0 Å². The van der Waals surface area contributed by atoms with E-state index in [4.69, 9.17) is 21.1 Å². The van der Waals surface area contributed by atoms with Crippen LogP contribution in [0.4, 0.5) is 11.4 Å². The molecule has 0 radical (unpaired) electrons. The molecule has 1 spiro atoms. The molecule has 34 heavy (non-hydrogen) atoms. The monoisotopic (exact) mass is 479 g/mol. The van der Waals surface area contributed by atoms with E-state index in [2.05, 4.69) is 10.2 Å². The minimum Gasteiger partial charge on any atom is -0.486 e. The number of carbonyl (C=O) groups excluding carboxylic acids is 3. The summed E-state index contributed by atoms with van der Waals surface area (Å²) in [5.74, 6) is -1.21. The Morgan fingerprint density at radius 1 is 1.06 bits per heavy atom. The lowest BCUT2D eigenvalue weighted by atomic mass is 9.75. The van der Waals surface area contributed by atoms with Crippen LogP contribution in [0.3, 0.4) is 0 Å². The maximum Gasteiger partial charge on any atom is 0.250 e. The van der Waals surface area contributed by atoms with Crippen molar-refractivity contribution in [3.8, 4) is 11.5 Å². The highest BCUT2D eigenvalue weighted by atomic mass is 35.5. The highest BCUT2D eigenvalue weighted by Crippen LogP contribution is 2.61. The van der Waals surface area contributed by atoms with Crippen molar-refractivity contribution in [2.75, 3.05) is 30.0 Å². The summed E-state index contributed by atoms with van der Waals surface area (Å²) in [6.07, 6.45) is 1.63. The number of carbonyl (C=O) groups is 3. The molecule has 3 fully saturated rings. The first-order valence-corrected chi connectivity index (χ1v) is 12.0. The maximum absolute atomic E-state index is 14.1. The SMILES string of the molecule is Cc1cc(Cl)cc2c1NC(=O)C21C2C(=O)N(c3ccc4c(c3)OCCO4)C(=O)C2C2CCCN21. The Morgan fingerprint density at radius 2 is 1.85 bits per heavy atom. The number of benzene rings is 2. The van der Waals surface area contributed by atoms with E-state index in [9.17, 15) is 14.4 Å². The van der Waals surface area contributed by atoms with E-state index in [0.717, 1.165) is 18.4 Å². The zero-order valence-electron chi connectivity index (χ0n) is 18.5. The summed E-state index contributed by atoms with van der Waals surface area (Å²) in [6, 6.07) is 8.50. The van der Waals surface area contributed by atoms with Crippen LogP contribution in [-0.4, -0.2) is 48.4 Å². The fourth-order valence-corrected chi connectivity index (χ4v) is 7.13. The lowest BCUT2D eigenvalue weighted by Crippen LogP contribution is -2.54. The molecule has 174 valence electrons. The molecule has 5 heterocycles. The van der Waals surface area contributed by atoms with Crippen molar-refractivity contribution < 1.29 is 23.9 Å². The molecule has 9 heteroatoms. The van der Waals surface area contributed by atoms with E-state index in [1.165, 1.54) is 4.90 Å². The van der Waals surface area contributed by atoms with E-state index in [1.54, 1.807) is 30.3 Å². The summed E-state index contributed by atoms with van der Waals surface area (Å²) >= 11 is 6.44. The third-order valence-corrected chi connectivity index (χ3v) is 8.27. The molecule has 7 rings (SSSR count). The summed E-state index contributed by atoms with van der Waals surface area (Å²) in [5, 5.41) is 3.53. The summed E-state index contributed by atoms with van der Waals surface area (Å²) in [4.78, 5) is 45.0. The van der Waals surface area contributed by atoms with Crippen LogP contribution in [0.5, 0.6) is 11.5 Å². The molecule has 1 N–H and O–H groups in total. The van der Waals surface area contributed by atoms with E-state index in [-0.39, 0.29) is 23.8 Å². The number of nitrogens with one attached hydrogen (secondary N) is 1. The number of amides is 3. The molecule has 0 saturated carbocycles. The van der Waals surface area contributed by atoms with Gasteiger partial charge in [-0.25, -0.2) is 4.90 Å². The Labute approximate surface area is 200 Å². The number of nitrogens with zero attached hydrogens (tertiary/aromatic N) is 2. The van der Waals surface area contributed by atoms with Crippen LogP contribution >= 0.6 is 11.6 Å². The van der Waals surface area contributed by atoms with Crippen molar-refractivity contribution in [3.63, 3.8) is 0 Å². The first kappa shape index (κ1) is 20.3. The van der Waals surface area contributed by atoms with Gasteiger partial charge in [0.05, 0.1) is 17.5 Å². The number of ether oxygens (including phenoxy) is 2. The Kier molecular flexibility index (Phi) is 4.02.